The van der Waals surface area contributed by atoms with Crippen LogP contribution in [-0.2, 0) is 4.79 Å². The predicted octanol–water partition coefficient (Wildman–Crippen LogP) is 2.13. The van der Waals surface area contributed by atoms with E-state index in [-0.39, 0.29) is 5.69 Å². The Labute approximate surface area is 121 Å². The molecule has 0 saturated heterocycles. The number of nitro benzene ring substituents is 1. The van der Waals surface area contributed by atoms with Gasteiger partial charge in [-0.2, -0.15) is 0 Å². The van der Waals surface area contributed by atoms with Gasteiger partial charge >= 0.3 is 0 Å². The van der Waals surface area contributed by atoms with E-state index in [0.29, 0.717) is 16.6 Å². The van der Waals surface area contributed by atoms with E-state index in [1.807, 2.05) is 6.92 Å². The number of aryl methyl sites for hydroxylation is 1. The van der Waals surface area contributed by atoms with Crippen LogP contribution in [0.1, 0.15) is 19.5 Å². The smallest absolute Gasteiger partial charge is 0.270 e. The van der Waals surface area contributed by atoms with Crippen molar-refractivity contribution in [2.75, 3.05) is 5.32 Å². The van der Waals surface area contributed by atoms with Crippen molar-refractivity contribution in [1.29, 1.82) is 0 Å². The van der Waals surface area contributed by atoms with Crippen molar-refractivity contribution < 1.29 is 9.72 Å². The molecule has 0 spiro atoms. The van der Waals surface area contributed by atoms with E-state index in [2.05, 4.69) is 10.3 Å². The van der Waals surface area contributed by atoms with E-state index in [1.54, 1.807) is 26.0 Å². The van der Waals surface area contributed by atoms with Gasteiger partial charge in [0.1, 0.15) is 5.54 Å². The van der Waals surface area contributed by atoms with Crippen LogP contribution in [0.3, 0.4) is 0 Å². The topological polar surface area (TPSA) is 111 Å². The molecule has 0 aliphatic carbocycles. The van der Waals surface area contributed by atoms with Crippen LogP contribution in [-0.4, -0.2) is 21.4 Å². The molecule has 0 unspecified atom stereocenters. The SMILES string of the molecule is Cc1cc(NC(C)(C)C(N)=O)c2cc([N+](=O)[O-])ccc2n1. The number of carbonyl (C=O) groups excluding carboxylic acids is 1. The standard InChI is InChI=1S/C14H16N4O3/c1-8-6-12(17-14(2,3)13(15)19)10-7-9(18(20)21)4-5-11(10)16-8/h4-7H,1-3H3,(H2,15,19)(H,16,17). The number of pyridine rings is 1. The Morgan fingerprint density at radius 1 is 1.38 bits per heavy atom. The van der Waals surface area contributed by atoms with Gasteiger partial charge < -0.3 is 11.1 Å². The number of nitrogens with two attached hydrogens (primary N) is 1. The van der Waals surface area contributed by atoms with Crippen LogP contribution >= 0.6 is 0 Å². The fraction of sp³-hybridized carbons (Fsp3) is 0.286. The van der Waals surface area contributed by atoms with Crippen molar-refractivity contribution in [2.24, 2.45) is 5.73 Å². The summed E-state index contributed by atoms with van der Waals surface area (Å²) in [5.41, 5.74) is 6.28. The van der Waals surface area contributed by atoms with Gasteiger partial charge in [-0.05, 0) is 32.9 Å². The van der Waals surface area contributed by atoms with E-state index in [9.17, 15) is 14.9 Å². The summed E-state index contributed by atoms with van der Waals surface area (Å²) in [7, 11) is 0. The predicted molar refractivity (Wildman–Crippen MR) is 80.0 cm³/mol. The van der Waals surface area contributed by atoms with Crippen LogP contribution in [0.4, 0.5) is 11.4 Å². The van der Waals surface area contributed by atoms with E-state index in [0.717, 1.165) is 5.69 Å². The summed E-state index contributed by atoms with van der Waals surface area (Å²) in [6, 6.07) is 6.15. The second-order valence-electron chi connectivity index (χ2n) is 5.38. The summed E-state index contributed by atoms with van der Waals surface area (Å²) >= 11 is 0. The summed E-state index contributed by atoms with van der Waals surface area (Å²) in [5, 5.41) is 14.5. The number of aromatic nitrogens is 1. The Kier molecular flexibility index (Phi) is 3.51. The minimum absolute atomic E-state index is 0.0342. The minimum atomic E-state index is -0.981. The van der Waals surface area contributed by atoms with Crippen molar-refractivity contribution in [3.8, 4) is 0 Å². The highest BCUT2D eigenvalue weighted by Crippen LogP contribution is 2.29. The number of carbonyl (C=O) groups is 1. The normalized spacial score (nSPS) is 11.4. The maximum absolute atomic E-state index is 11.5. The lowest BCUT2D eigenvalue weighted by Gasteiger charge is -2.24. The molecule has 3 N–H and O–H groups in total. The van der Waals surface area contributed by atoms with Gasteiger partial charge in [0.05, 0.1) is 10.4 Å². The molecule has 1 amide bonds. The molecule has 7 heteroatoms. The highest BCUT2D eigenvalue weighted by atomic mass is 16.6. The Morgan fingerprint density at radius 3 is 2.62 bits per heavy atom. The van der Waals surface area contributed by atoms with Crippen LogP contribution in [0.5, 0.6) is 0 Å². The van der Waals surface area contributed by atoms with Gasteiger partial charge in [0, 0.05) is 28.9 Å². The van der Waals surface area contributed by atoms with Crippen molar-refractivity contribution in [2.45, 2.75) is 26.3 Å². The van der Waals surface area contributed by atoms with Crippen molar-refractivity contribution in [1.82, 2.24) is 4.98 Å². The Bertz CT molecular complexity index is 740. The van der Waals surface area contributed by atoms with Crippen LogP contribution < -0.4 is 11.1 Å². The summed E-state index contributed by atoms with van der Waals surface area (Å²) in [4.78, 5) is 26.2. The molecule has 0 fully saturated rings. The maximum Gasteiger partial charge on any atom is 0.270 e. The molecule has 2 rings (SSSR count). The summed E-state index contributed by atoms with van der Waals surface area (Å²) < 4.78 is 0. The largest absolute Gasteiger partial charge is 0.371 e. The van der Waals surface area contributed by atoms with E-state index in [1.165, 1.54) is 12.1 Å². The first-order valence-corrected chi connectivity index (χ1v) is 6.34. The average molecular weight is 288 g/mol. The van der Waals surface area contributed by atoms with Gasteiger partial charge in [0.25, 0.3) is 5.69 Å². The number of nitrogens with zero attached hydrogens (tertiary/aromatic N) is 2. The van der Waals surface area contributed by atoms with E-state index >= 15 is 0 Å². The van der Waals surface area contributed by atoms with E-state index in [4.69, 9.17) is 5.73 Å². The maximum atomic E-state index is 11.5. The molecule has 21 heavy (non-hydrogen) atoms. The Morgan fingerprint density at radius 2 is 2.05 bits per heavy atom. The zero-order valence-electron chi connectivity index (χ0n) is 12.0. The van der Waals surface area contributed by atoms with Gasteiger partial charge in [-0.25, -0.2) is 0 Å². The number of nitro groups is 1. The molecule has 110 valence electrons. The first-order valence-electron chi connectivity index (χ1n) is 6.34. The second-order valence-corrected chi connectivity index (χ2v) is 5.38. The van der Waals surface area contributed by atoms with Gasteiger partial charge in [-0.3, -0.25) is 19.9 Å². The van der Waals surface area contributed by atoms with Crippen LogP contribution in [0.25, 0.3) is 10.9 Å². The molecule has 0 saturated carbocycles. The number of anilines is 1. The highest BCUT2D eigenvalue weighted by Gasteiger charge is 2.25. The first kappa shape index (κ1) is 14.7. The lowest BCUT2D eigenvalue weighted by atomic mass is 10.0. The first-order chi connectivity index (χ1) is 9.70. The lowest BCUT2D eigenvalue weighted by Crippen LogP contribution is -2.45. The molecule has 0 aliphatic heterocycles. The van der Waals surface area contributed by atoms with Gasteiger partial charge in [0.15, 0.2) is 0 Å². The van der Waals surface area contributed by atoms with Crippen molar-refractivity contribution >= 4 is 28.2 Å². The number of rotatable bonds is 4. The van der Waals surface area contributed by atoms with Crippen LogP contribution in [0.2, 0.25) is 0 Å². The number of fused-ring (bicyclic) bond motifs is 1. The quantitative estimate of drug-likeness (QED) is 0.661. The van der Waals surface area contributed by atoms with Crippen molar-refractivity contribution in [3.63, 3.8) is 0 Å². The Hall–Kier alpha value is -2.70. The second kappa shape index (κ2) is 5.01. The van der Waals surface area contributed by atoms with Gasteiger partial charge in [-0.15, -0.1) is 0 Å². The zero-order chi connectivity index (χ0) is 15.8. The summed E-state index contributed by atoms with van der Waals surface area (Å²) in [5.74, 6) is -0.518. The summed E-state index contributed by atoms with van der Waals surface area (Å²) in [6.45, 7) is 5.10. The molecule has 7 nitrogen and oxygen atoms in total. The minimum Gasteiger partial charge on any atom is -0.371 e. The monoisotopic (exact) mass is 288 g/mol. The summed E-state index contributed by atoms with van der Waals surface area (Å²) in [6.07, 6.45) is 0. The van der Waals surface area contributed by atoms with Crippen molar-refractivity contribution in [3.05, 3.63) is 40.1 Å². The molecule has 0 aliphatic rings. The number of non-ortho nitro benzene ring substituents is 1. The average Bonchev–Trinajstić information content (AvgIpc) is 2.37. The molecule has 0 bridgehead atoms. The number of hydrogen-bond donors (Lipinski definition) is 2. The number of hydrogen-bond acceptors (Lipinski definition) is 5. The number of nitrogens with one attached hydrogen (secondary N) is 1. The molecule has 1 heterocycles. The molecular formula is C14H16N4O3. The molecule has 0 atom stereocenters. The Balaban J connectivity index is 2.63. The molecule has 0 radical (unpaired) electrons. The molecule has 1 aromatic carbocycles. The van der Waals surface area contributed by atoms with Gasteiger partial charge in [-0.1, -0.05) is 0 Å². The molecular weight excluding hydrogens is 272 g/mol. The number of amides is 1. The molecule has 2 aromatic rings. The van der Waals surface area contributed by atoms with Gasteiger partial charge in [0.2, 0.25) is 5.91 Å². The number of benzene rings is 1. The van der Waals surface area contributed by atoms with Crippen LogP contribution in [0.15, 0.2) is 24.3 Å². The fourth-order valence-electron chi connectivity index (χ4n) is 1.96. The zero-order valence-corrected chi connectivity index (χ0v) is 12.0. The lowest BCUT2D eigenvalue weighted by molar-refractivity contribution is -0.384. The van der Waals surface area contributed by atoms with Crippen LogP contribution in [0, 0.1) is 17.0 Å². The third-order valence-corrected chi connectivity index (χ3v) is 3.19. The third-order valence-electron chi connectivity index (χ3n) is 3.19. The fourth-order valence-corrected chi connectivity index (χ4v) is 1.96. The third kappa shape index (κ3) is 2.91. The number of primary amides is 1. The van der Waals surface area contributed by atoms with E-state index < -0.39 is 16.4 Å². The highest BCUT2D eigenvalue weighted by molar-refractivity contribution is 5.96. The molecule has 1 aromatic heterocycles.